The lowest BCUT2D eigenvalue weighted by molar-refractivity contribution is 0.0980. The van der Waals surface area contributed by atoms with Crippen molar-refractivity contribution in [1.82, 2.24) is 5.32 Å². The molecule has 1 aliphatic heterocycles. The third-order valence-corrected chi connectivity index (χ3v) is 5.68. The molecular weight excluding hydrogens is 341 g/mol. The second-order valence-electron chi connectivity index (χ2n) is 7.73. The highest BCUT2D eigenvalue weighted by Crippen LogP contribution is 2.29. The second kappa shape index (κ2) is 9.59. The van der Waals surface area contributed by atoms with Gasteiger partial charge in [-0.25, -0.2) is 0 Å². The number of ketones is 1. The Morgan fingerprint density at radius 1 is 1.11 bits per heavy atom. The summed E-state index contributed by atoms with van der Waals surface area (Å²) in [5.41, 5.74) is 7.24. The molecule has 2 aromatic rings. The molecule has 0 saturated carbocycles. The molecule has 0 saturated heterocycles. The first kappa shape index (κ1) is 20.2. The summed E-state index contributed by atoms with van der Waals surface area (Å²) in [6, 6.07) is 16.1. The number of Topliss-reactive ketones (excluding diaryl/α,β-unsaturated/α-hetero) is 1. The Bertz CT molecular complexity index is 856. The molecule has 1 N–H and O–H groups in total. The van der Waals surface area contributed by atoms with Gasteiger partial charge in [0.1, 0.15) is 0 Å². The molecule has 1 atom stereocenters. The van der Waals surface area contributed by atoms with Crippen LogP contribution >= 0.6 is 0 Å². The van der Waals surface area contributed by atoms with Crippen molar-refractivity contribution in [3.05, 3.63) is 89.6 Å². The van der Waals surface area contributed by atoms with E-state index in [9.17, 15) is 4.79 Å². The first-order valence-electron chi connectivity index (χ1n) is 10.4. The second-order valence-corrected chi connectivity index (χ2v) is 7.73. The zero-order valence-electron chi connectivity index (χ0n) is 17.0. The summed E-state index contributed by atoms with van der Waals surface area (Å²) in [4.78, 5) is 12.3. The van der Waals surface area contributed by atoms with Crippen LogP contribution in [0.5, 0.6) is 0 Å². The smallest absolute Gasteiger partial charge is 0.162 e. The van der Waals surface area contributed by atoms with Crippen LogP contribution in [-0.4, -0.2) is 19.0 Å². The Balaban J connectivity index is 1.58. The van der Waals surface area contributed by atoms with Crippen LogP contribution in [0.1, 0.15) is 59.7 Å². The number of carbonyl (C=O) groups is 1. The molecule has 0 fully saturated rings. The van der Waals surface area contributed by atoms with Gasteiger partial charge in [0.05, 0.1) is 0 Å². The minimum atomic E-state index is 0.216. The van der Waals surface area contributed by atoms with E-state index in [2.05, 4.69) is 43.6 Å². The highest BCUT2D eigenvalue weighted by Gasteiger charge is 2.22. The molecule has 0 bridgehead atoms. The number of fused-ring (bicyclic) bond motifs is 1. The Kier molecular flexibility index (Phi) is 6.92. The molecule has 144 valence electrons. The SMILES string of the molecule is C=C(CC)NC1BCc2c(cccc2C(=C)CCCC(=O)c2ccccc2)C1. The van der Waals surface area contributed by atoms with Crippen molar-refractivity contribution in [3.63, 3.8) is 0 Å². The van der Waals surface area contributed by atoms with Gasteiger partial charge >= 0.3 is 0 Å². The van der Waals surface area contributed by atoms with Gasteiger partial charge in [-0.1, -0.05) is 68.6 Å². The lowest BCUT2D eigenvalue weighted by Gasteiger charge is -2.28. The first-order chi connectivity index (χ1) is 13.6. The molecule has 1 unspecified atom stereocenters. The van der Waals surface area contributed by atoms with Gasteiger partial charge in [0.25, 0.3) is 0 Å². The molecule has 3 rings (SSSR count). The van der Waals surface area contributed by atoms with Crippen molar-refractivity contribution in [2.45, 2.75) is 51.3 Å². The van der Waals surface area contributed by atoms with E-state index in [1.807, 2.05) is 30.3 Å². The van der Waals surface area contributed by atoms with Crippen molar-refractivity contribution in [2.75, 3.05) is 0 Å². The van der Waals surface area contributed by atoms with Gasteiger partial charge in [0, 0.05) is 23.6 Å². The predicted octanol–water partition coefficient (Wildman–Crippen LogP) is 5.09. The fourth-order valence-corrected chi connectivity index (χ4v) is 4.02. The molecule has 0 aromatic heterocycles. The third kappa shape index (κ3) is 5.04. The maximum Gasteiger partial charge on any atom is 0.162 e. The van der Waals surface area contributed by atoms with E-state index in [4.69, 9.17) is 0 Å². The maximum absolute atomic E-state index is 12.3. The van der Waals surface area contributed by atoms with Crippen LogP contribution in [0.4, 0.5) is 0 Å². The summed E-state index contributed by atoms with van der Waals surface area (Å²) in [5.74, 6) is 0.695. The molecule has 0 aliphatic carbocycles. The average Bonchev–Trinajstić information content (AvgIpc) is 2.73. The number of nitrogens with one attached hydrogen (secondary N) is 1. The Morgan fingerprint density at radius 3 is 2.64 bits per heavy atom. The lowest BCUT2D eigenvalue weighted by Crippen LogP contribution is -2.40. The van der Waals surface area contributed by atoms with Gasteiger partial charge in [-0.3, -0.25) is 4.79 Å². The van der Waals surface area contributed by atoms with Crippen molar-refractivity contribution in [3.8, 4) is 0 Å². The average molecular weight is 371 g/mol. The van der Waals surface area contributed by atoms with Crippen LogP contribution in [0.25, 0.3) is 5.57 Å². The Labute approximate surface area is 170 Å². The molecule has 0 radical (unpaired) electrons. The van der Waals surface area contributed by atoms with E-state index in [0.29, 0.717) is 12.4 Å². The zero-order chi connectivity index (χ0) is 19.9. The topological polar surface area (TPSA) is 29.1 Å². The number of rotatable bonds is 9. The Morgan fingerprint density at radius 2 is 1.89 bits per heavy atom. The van der Waals surface area contributed by atoms with E-state index < -0.39 is 0 Å². The number of carbonyl (C=O) groups excluding carboxylic acids is 1. The van der Waals surface area contributed by atoms with Gasteiger partial charge in [-0.2, -0.15) is 0 Å². The quantitative estimate of drug-likeness (QED) is 0.492. The van der Waals surface area contributed by atoms with Gasteiger partial charge in [0.2, 0.25) is 0 Å². The summed E-state index contributed by atoms with van der Waals surface area (Å²) >= 11 is 0. The minimum Gasteiger partial charge on any atom is -0.393 e. The van der Waals surface area contributed by atoms with Crippen LogP contribution in [0.2, 0.25) is 0 Å². The van der Waals surface area contributed by atoms with E-state index in [1.165, 1.54) is 16.7 Å². The zero-order valence-corrected chi connectivity index (χ0v) is 17.0. The normalized spacial score (nSPS) is 15.2. The standard InChI is InChI=1S/C25H30BNO/c1-4-19(3)27-25-16-21-13-9-14-22(23(21)17-26-25)18(2)10-8-15-24(28)20-11-6-5-7-12-20/h5-7,9,11-14,25-27H,2-4,8,10,15-17H2,1H3. The highest BCUT2D eigenvalue weighted by atomic mass is 16.1. The molecule has 2 aromatic carbocycles. The monoisotopic (exact) mass is 371 g/mol. The number of benzene rings is 2. The molecule has 2 nitrogen and oxygen atoms in total. The summed E-state index contributed by atoms with van der Waals surface area (Å²) < 4.78 is 0. The van der Waals surface area contributed by atoms with Crippen molar-refractivity contribution in [2.24, 2.45) is 0 Å². The van der Waals surface area contributed by atoms with Gasteiger partial charge < -0.3 is 5.32 Å². The lowest BCUT2D eigenvalue weighted by atomic mass is 9.57. The predicted molar refractivity (Wildman–Crippen MR) is 121 cm³/mol. The van der Waals surface area contributed by atoms with Crippen LogP contribution in [0.3, 0.4) is 0 Å². The fourth-order valence-electron chi connectivity index (χ4n) is 4.02. The summed E-state index contributed by atoms with van der Waals surface area (Å²) in [7, 11) is 1.13. The highest BCUT2D eigenvalue weighted by molar-refractivity contribution is 6.38. The molecule has 0 spiro atoms. The van der Waals surface area contributed by atoms with Crippen LogP contribution < -0.4 is 5.32 Å². The van der Waals surface area contributed by atoms with Crippen LogP contribution in [0.15, 0.2) is 67.4 Å². The summed E-state index contributed by atoms with van der Waals surface area (Å²) in [5, 5.41) is 3.57. The largest absolute Gasteiger partial charge is 0.393 e. The first-order valence-corrected chi connectivity index (χ1v) is 10.4. The van der Waals surface area contributed by atoms with E-state index >= 15 is 0 Å². The van der Waals surface area contributed by atoms with Crippen LogP contribution in [0, 0.1) is 0 Å². The number of hydrogen-bond donors (Lipinski definition) is 1. The maximum atomic E-state index is 12.3. The van der Waals surface area contributed by atoms with E-state index in [1.54, 1.807) is 0 Å². The van der Waals surface area contributed by atoms with Crippen molar-refractivity contribution >= 4 is 18.6 Å². The summed E-state index contributed by atoms with van der Waals surface area (Å²) in [6.07, 6.45) is 5.37. The number of allylic oxidation sites excluding steroid dienone is 2. The fraction of sp³-hybridized carbons (Fsp3) is 0.320. The summed E-state index contributed by atoms with van der Waals surface area (Å²) in [6.45, 7) is 10.6. The molecule has 0 amide bonds. The van der Waals surface area contributed by atoms with Crippen LogP contribution in [-0.2, 0) is 12.7 Å². The van der Waals surface area contributed by atoms with Crippen molar-refractivity contribution in [1.29, 1.82) is 0 Å². The van der Waals surface area contributed by atoms with Gasteiger partial charge in [-0.15, -0.1) is 0 Å². The molecule has 3 heteroatoms. The molecule has 1 aliphatic rings. The molecule has 1 heterocycles. The van der Waals surface area contributed by atoms with E-state index in [0.717, 1.165) is 56.1 Å². The molecule has 28 heavy (non-hydrogen) atoms. The Hall–Kier alpha value is -2.55. The van der Waals surface area contributed by atoms with Gasteiger partial charge in [-0.05, 0) is 54.3 Å². The van der Waals surface area contributed by atoms with Crippen molar-refractivity contribution < 1.29 is 4.79 Å². The van der Waals surface area contributed by atoms with E-state index in [-0.39, 0.29) is 5.78 Å². The van der Waals surface area contributed by atoms with Gasteiger partial charge in [0.15, 0.2) is 13.1 Å². The minimum absolute atomic E-state index is 0.216. The molecular formula is C25H30BNO. The number of hydrogen-bond acceptors (Lipinski definition) is 2. The third-order valence-electron chi connectivity index (χ3n) is 5.68.